The first-order valence-corrected chi connectivity index (χ1v) is 5.30. The molecule has 0 saturated heterocycles. The number of carbonyl (C=O) groups excluding carboxylic acids is 1. The number of nitrogens with one attached hydrogen (secondary N) is 1. The molecule has 0 aliphatic carbocycles. The first-order chi connectivity index (χ1) is 7.99. The molecule has 1 heterocycles. The number of nitro benzene ring substituents is 1. The predicted octanol–water partition coefficient (Wildman–Crippen LogP) is 1.76. The van der Waals surface area contributed by atoms with Crippen LogP contribution in [0.4, 0.5) is 17.1 Å². The molecular formula is C11H13N3O3. The fraction of sp³-hybridized carbons (Fsp3) is 0.364. The molecule has 1 aromatic rings. The number of carbonyl (C=O) groups is 1. The van der Waals surface area contributed by atoms with Gasteiger partial charge in [0.2, 0.25) is 5.91 Å². The van der Waals surface area contributed by atoms with Gasteiger partial charge in [-0.2, -0.15) is 0 Å². The summed E-state index contributed by atoms with van der Waals surface area (Å²) in [4.78, 5) is 23.5. The molecule has 0 saturated carbocycles. The van der Waals surface area contributed by atoms with Crippen LogP contribution in [-0.4, -0.2) is 23.9 Å². The minimum atomic E-state index is -0.465. The molecule has 6 nitrogen and oxygen atoms in total. The summed E-state index contributed by atoms with van der Waals surface area (Å²) in [5.41, 5.74) is 1.28. The van der Waals surface area contributed by atoms with Crippen LogP contribution in [0.3, 0.4) is 0 Å². The molecule has 2 rings (SSSR count). The van der Waals surface area contributed by atoms with Crippen LogP contribution < -0.4 is 10.2 Å². The molecule has 1 atom stereocenters. The van der Waals surface area contributed by atoms with Crippen molar-refractivity contribution in [3.05, 3.63) is 28.3 Å². The second-order valence-corrected chi connectivity index (χ2v) is 4.16. The molecule has 0 radical (unpaired) electrons. The lowest BCUT2D eigenvalue weighted by molar-refractivity contribution is -0.384. The van der Waals surface area contributed by atoms with Crippen molar-refractivity contribution in [1.29, 1.82) is 0 Å². The number of non-ortho nitro benzene ring substituents is 1. The third-order valence-corrected chi connectivity index (χ3v) is 2.81. The van der Waals surface area contributed by atoms with E-state index >= 15 is 0 Å². The molecule has 1 aliphatic rings. The van der Waals surface area contributed by atoms with Gasteiger partial charge in [-0.25, -0.2) is 0 Å². The zero-order valence-corrected chi connectivity index (χ0v) is 9.64. The number of anilines is 2. The van der Waals surface area contributed by atoms with Crippen LogP contribution in [0, 0.1) is 10.1 Å². The highest BCUT2D eigenvalue weighted by Crippen LogP contribution is 2.32. The van der Waals surface area contributed by atoms with E-state index in [9.17, 15) is 14.9 Å². The minimum Gasteiger partial charge on any atom is -0.380 e. The Morgan fingerprint density at radius 2 is 2.24 bits per heavy atom. The van der Waals surface area contributed by atoms with Gasteiger partial charge in [-0.15, -0.1) is 0 Å². The number of nitrogens with zero attached hydrogens (tertiary/aromatic N) is 2. The molecule has 1 aromatic carbocycles. The lowest BCUT2D eigenvalue weighted by atomic mass is 10.2. The van der Waals surface area contributed by atoms with Crippen molar-refractivity contribution in [3.63, 3.8) is 0 Å². The Bertz CT molecular complexity index is 487. The van der Waals surface area contributed by atoms with Crippen LogP contribution in [0.1, 0.15) is 13.3 Å². The van der Waals surface area contributed by atoms with E-state index in [4.69, 9.17) is 0 Å². The van der Waals surface area contributed by atoms with E-state index in [1.54, 1.807) is 13.1 Å². The molecule has 17 heavy (non-hydrogen) atoms. The number of fused-ring (bicyclic) bond motifs is 1. The van der Waals surface area contributed by atoms with Crippen LogP contribution in [0.15, 0.2) is 18.2 Å². The Morgan fingerprint density at radius 1 is 1.53 bits per heavy atom. The number of benzene rings is 1. The van der Waals surface area contributed by atoms with Crippen molar-refractivity contribution in [1.82, 2.24) is 0 Å². The second-order valence-electron chi connectivity index (χ2n) is 4.16. The Hall–Kier alpha value is -2.11. The zero-order valence-electron chi connectivity index (χ0n) is 9.64. The summed E-state index contributed by atoms with van der Waals surface area (Å²) in [5, 5.41) is 13.9. The van der Waals surface area contributed by atoms with E-state index in [1.807, 2.05) is 6.92 Å². The average Bonchev–Trinajstić information content (AvgIpc) is 2.37. The number of hydrogen-bond donors (Lipinski definition) is 1. The average molecular weight is 235 g/mol. The highest BCUT2D eigenvalue weighted by Gasteiger charge is 2.24. The Morgan fingerprint density at radius 3 is 2.88 bits per heavy atom. The quantitative estimate of drug-likeness (QED) is 0.594. The normalized spacial score (nSPS) is 19.3. The van der Waals surface area contributed by atoms with Crippen molar-refractivity contribution >= 4 is 23.0 Å². The standard InChI is InChI=1S/C11H13N3O3/c1-7-5-11(15)13(2)10-6-8(14(16)17)3-4-9(10)12-7/h3-4,6-7,12H,5H2,1-2H3/t7-/m1/s1. The summed E-state index contributed by atoms with van der Waals surface area (Å²) in [6.45, 7) is 1.91. The maximum Gasteiger partial charge on any atom is 0.271 e. The number of amides is 1. The van der Waals surface area contributed by atoms with E-state index in [-0.39, 0.29) is 17.6 Å². The van der Waals surface area contributed by atoms with E-state index in [1.165, 1.54) is 17.0 Å². The maximum atomic E-state index is 11.8. The van der Waals surface area contributed by atoms with Crippen LogP contribution in [0.2, 0.25) is 0 Å². The summed E-state index contributed by atoms with van der Waals surface area (Å²) >= 11 is 0. The Balaban J connectivity index is 2.51. The number of nitro groups is 1. The van der Waals surface area contributed by atoms with Gasteiger partial charge in [0.1, 0.15) is 0 Å². The lowest BCUT2D eigenvalue weighted by Crippen LogP contribution is -2.27. The van der Waals surface area contributed by atoms with Crippen molar-refractivity contribution in [3.8, 4) is 0 Å². The highest BCUT2D eigenvalue weighted by molar-refractivity contribution is 5.98. The van der Waals surface area contributed by atoms with Crippen LogP contribution in [0.5, 0.6) is 0 Å². The molecule has 6 heteroatoms. The molecule has 0 bridgehead atoms. The zero-order chi connectivity index (χ0) is 12.6. The largest absolute Gasteiger partial charge is 0.380 e. The third-order valence-electron chi connectivity index (χ3n) is 2.81. The van der Waals surface area contributed by atoms with Crippen LogP contribution >= 0.6 is 0 Å². The van der Waals surface area contributed by atoms with Crippen molar-refractivity contribution in [2.24, 2.45) is 0 Å². The summed E-state index contributed by atoms with van der Waals surface area (Å²) in [6.07, 6.45) is 0.374. The fourth-order valence-corrected chi connectivity index (χ4v) is 1.88. The van der Waals surface area contributed by atoms with Crippen molar-refractivity contribution < 1.29 is 9.72 Å². The maximum absolute atomic E-state index is 11.8. The number of hydrogen-bond acceptors (Lipinski definition) is 4. The lowest BCUT2D eigenvalue weighted by Gasteiger charge is -2.16. The summed E-state index contributed by atoms with van der Waals surface area (Å²) in [5.74, 6) is -0.0516. The molecular weight excluding hydrogens is 222 g/mol. The van der Waals surface area contributed by atoms with Crippen LogP contribution in [0.25, 0.3) is 0 Å². The Kier molecular flexibility index (Phi) is 2.71. The smallest absolute Gasteiger partial charge is 0.271 e. The first kappa shape index (κ1) is 11.4. The molecule has 0 spiro atoms. The first-order valence-electron chi connectivity index (χ1n) is 5.30. The van der Waals surface area contributed by atoms with Crippen LogP contribution in [-0.2, 0) is 4.79 Å². The Labute approximate surface area is 98.4 Å². The summed E-state index contributed by atoms with van der Waals surface area (Å²) in [6, 6.07) is 4.51. The molecule has 1 amide bonds. The van der Waals surface area contributed by atoms with E-state index in [2.05, 4.69) is 5.32 Å². The predicted molar refractivity (Wildman–Crippen MR) is 64.2 cm³/mol. The van der Waals surface area contributed by atoms with E-state index < -0.39 is 4.92 Å². The monoisotopic (exact) mass is 235 g/mol. The molecule has 1 N–H and O–H groups in total. The topological polar surface area (TPSA) is 75.5 Å². The summed E-state index contributed by atoms with van der Waals surface area (Å²) in [7, 11) is 1.63. The minimum absolute atomic E-state index is 0.0141. The third kappa shape index (κ3) is 2.06. The highest BCUT2D eigenvalue weighted by atomic mass is 16.6. The molecule has 0 fully saturated rings. The van der Waals surface area contributed by atoms with Gasteiger partial charge in [0.05, 0.1) is 16.3 Å². The number of rotatable bonds is 1. The second kappa shape index (κ2) is 4.04. The molecule has 0 aromatic heterocycles. The van der Waals surface area contributed by atoms with E-state index in [0.717, 1.165) is 5.69 Å². The van der Waals surface area contributed by atoms with Gasteiger partial charge in [-0.1, -0.05) is 0 Å². The van der Waals surface area contributed by atoms with Gasteiger partial charge in [0.25, 0.3) is 5.69 Å². The fourth-order valence-electron chi connectivity index (χ4n) is 1.88. The van der Waals surface area contributed by atoms with Gasteiger partial charge in [0, 0.05) is 31.6 Å². The summed E-state index contributed by atoms with van der Waals surface area (Å²) < 4.78 is 0. The van der Waals surface area contributed by atoms with Gasteiger partial charge < -0.3 is 10.2 Å². The van der Waals surface area contributed by atoms with Gasteiger partial charge in [-0.05, 0) is 13.0 Å². The van der Waals surface area contributed by atoms with Crippen molar-refractivity contribution in [2.45, 2.75) is 19.4 Å². The molecule has 1 aliphatic heterocycles. The van der Waals surface area contributed by atoms with Crippen molar-refractivity contribution in [2.75, 3.05) is 17.3 Å². The molecule has 0 unspecified atom stereocenters. The SMILES string of the molecule is C[C@@H]1CC(=O)N(C)c2cc([N+](=O)[O-])ccc2N1. The molecule has 90 valence electrons. The van der Waals surface area contributed by atoms with Gasteiger partial charge in [0.15, 0.2) is 0 Å². The van der Waals surface area contributed by atoms with E-state index in [0.29, 0.717) is 12.1 Å². The van der Waals surface area contributed by atoms with Gasteiger partial charge in [-0.3, -0.25) is 14.9 Å². The van der Waals surface area contributed by atoms with Gasteiger partial charge >= 0.3 is 0 Å².